The normalized spacial score (nSPS) is 15.2. The van der Waals surface area contributed by atoms with Gasteiger partial charge in [-0.2, -0.15) is 5.26 Å². The Morgan fingerprint density at radius 2 is 1.95 bits per heavy atom. The second kappa shape index (κ2) is 10.7. The van der Waals surface area contributed by atoms with Gasteiger partial charge in [0.1, 0.15) is 11.9 Å². The summed E-state index contributed by atoms with van der Waals surface area (Å²) in [5.41, 5.74) is 5.30. The van der Waals surface area contributed by atoms with Gasteiger partial charge in [-0.3, -0.25) is 9.97 Å². The first kappa shape index (κ1) is 25.3. The quantitative estimate of drug-likeness (QED) is 0.224. The summed E-state index contributed by atoms with van der Waals surface area (Å²) >= 11 is 0. The molecule has 3 aromatic heterocycles. The summed E-state index contributed by atoms with van der Waals surface area (Å²) in [6.45, 7) is 7.04. The van der Waals surface area contributed by atoms with Crippen LogP contribution in [0.15, 0.2) is 73.2 Å². The maximum absolute atomic E-state index is 14.0. The van der Waals surface area contributed by atoms with Crippen molar-refractivity contribution in [2.75, 3.05) is 11.9 Å². The Balaban J connectivity index is 1.55. The van der Waals surface area contributed by atoms with E-state index in [-0.39, 0.29) is 17.7 Å². The van der Waals surface area contributed by atoms with E-state index in [1.54, 1.807) is 24.5 Å². The molecule has 1 atom stereocenters. The fraction of sp³-hybridized carbons (Fsp3) is 0.303. The van der Waals surface area contributed by atoms with Crippen molar-refractivity contribution in [1.82, 2.24) is 25.0 Å². The molecule has 0 saturated heterocycles. The number of hydrogen-bond acceptors (Lipinski definition) is 6. The molecule has 0 spiro atoms. The Morgan fingerprint density at radius 1 is 1.15 bits per heavy atom. The average molecular weight is 547 g/mol. The van der Waals surface area contributed by atoms with Gasteiger partial charge in [0.05, 0.1) is 34.2 Å². The first-order chi connectivity index (χ1) is 20.1. The number of nitriles is 1. The van der Waals surface area contributed by atoms with Crippen LogP contribution in [-0.4, -0.2) is 31.5 Å². The Bertz CT molecular complexity index is 1780. The van der Waals surface area contributed by atoms with Gasteiger partial charge in [0.2, 0.25) is 0 Å². The fourth-order valence-corrected chi connectivity index (χ4v) is 4.94. The van der Waals surface area contributed by atoms with Gasteiger partial charge >= 0.3 is 0 Å². The molecule has 1 aliphatic rings. The van der Waals surface area contributed by atoms with Crippen LogP contribution in [0.4, 0.5) is 10.1 Å². The SMILES string of the molecule is [2H][C@@](Cc1cc(-c2ccccn2)c2ncc(C#N)c(NCC(C)(C)C)c2c1)(c1ccc(F)cc1)c1cn(C2CC2)nn1. The van der Waals surface area contributed by atoms with Crippen LogP contribution < -0.4 is 5.32 Å². The third-order valence-electron chi connectivity index (χ3n) is 7.20. The zero-order valence-corrected chi connectivity index (χ0v) is 23.4. The number of benzene rings is 2. The van der Waals surface area contributed by atoms with Crippen LogP contribution in [0.25, 0.3) is 22.2 Å². The first-order valence-corrected chi connectivity index (χ1v) is 13.8. The van der Waals surface area contributed by atoms with Crippen molar-refractivity contribution in [1.29, 1.82) is 5.26 Å². The van der Waals surface area contributed by atoms with E-state index in [9.17, 15) is 11.0 Å². The van der Waals surface area contributed by atoms with Crippen LogP contribution in [0.3, 0.4) is 0 Å². The molecule has 1 saturated carbocycles. The summed E-state index contributed by atoms with van der Waals surface area (Å²) in [6.07, 6.45) is 7.50. The molecule has 5 aromatic rings. The van der Waals surface area contributed by atoms with E-state index in [0.717, 1.165) is 35.0 Å². The highest BCUT2D eigenvalue weighted by molar-refractivity contribution is 6.02. The van der Waals surface area contributed by atoms with Crippen molar-refractivity contribution < 1.29 is 5.76 Å². The third-order valence-corrected chi connectivity index (χ3v) is 7.20. The van der Waals surface area contributed by atoms with E-state index >= 15 is 0 Å². The minimum atomic E-state index is -1.35. The number of hydrogen-bond donors (Lipinski definition) is 1. The zero-order valence-electron chi connectivity index (χ0n) is 24.4. The molecule has 0 radical (unpaired) electrons. The molecule has 3 heterocycles. The highest BCUT2D eigenvalue weighted by Crippen LogP contribution is 2.38. The fourth-order valence-electron chi connectivity index (χ4n) is 4.94. The summed E-state index contributed by atoms with van der Waals surface area (Å²) in [4.78, 5) is 9.32. The van der Waals surface area contributed by atoms with Crippen molar-refractivity contribution >= 4 is 16.6 Å². The molecule has 41 heavy (non-hydrogen) atoms. The van der Waals surface area contributed by atoms with Gasteiger partial charge in [-0.15, -0.1) is 5.10 Å². The summed E-state index contributed by atoms with van der Waals surface area (Å²) in [5, 5.41) is 23.1. The lowest BCUT2D eigenvalue weighted by Gasteiger charge is -2.22. The van der Waals surface area contributed by atoms with Crippen molar-refractivity contribution in [3.05, 3.63) is 101 Å². The molecule has 0 unspecified atom stereocenters. The molecule has 1 N–H and O–H groups in total. The summed E-state index contributed by atoms with van der Waals surface area (Å²) in [5.74, 6) is -1.72. The van der Waals surface area contributed by atoms with Gasteiger partial charge < -0.3 is 5.32 Å². The van der Waals surface area contributed by atoms with E-state index in [4.69, 9.17) is 4.98 Å². The van der Waals surface area contributed by atoms with Crippen molar-refractivity contribution in [3.8, 4) is 17.3 Å². The second-order valence-electron chi connectivity index (χ2n) is 11.8. The number of halogens is 1. The molecular weight excluding hydrogens is 513 g/mol. The van der Waals surface area contributed by atoms with Crippen LogP contribution >= 0.6 is 0 Å². The maximum atomic E-state index is 14.0. The predicted molar refractivity (Wildman–Crippen MR) is 158 cm³/mol. The Kier molecular flexibility index (Phi) is 6.63. The molecule has 206 valence electrons. The van der Waals surface area contributed by atoms with E-state index in [0.29, 0.717) is 40.6 Å². The Morgan fingerprint density at radius 3 is 2.63 bits per heavy atom. The van der Waals surface area contributed by atoms with Gasteiger partial charge in [-0.25, -0.2) is 9.07 Å². The molecule has 1 aliphatic carbocycles. The first-order valence-electron chi connectivity index (χ1n) is 14.3. The lowest BCUT2D eigenvalue weighted by Crippen LogP contribution is -2.20. The monoisotopic (exact) mass is 546 g/mol. The van der Waals surface area contributed by atoms with Crippen LogP contribution in [0.2, 0.25) is 0 Å². The number of anilines is 1. The summed E-state index contributed by atoms with van der Waals surface area (Å²) < 4.78 is 25.6. The van der Waals surface area contributed by atoms with Crippen LogP contribution in [-0.2, 0) is 6.42 Å². The van der Waals surface area contributed by atoms with Gasteiger partial charge in [0, 0.05) is 43.3 Å². The van der Waals surface area contributed by atoms with Gasteiger partial charge in [0.15, 0.2) is 0 Å². The number of pyridine rings is 2. The van der Waals surface area contributed by atoms with Crippen LogP contribution in [0, 0.1) is 22.6 Å². The predicted octanol–water partition coefficient (Wildman–Crippen LogP) is 7.07. The number of aromatic nitrogens is 5. The van der Waals surface area contributed by atoms with Crippen molar-refractivity contribution in [2.24, 2.45) is 5.41 Å². The average Bonchev–Trinajstić information content (AvgIpc) is 3.71. The largest absolute Gasteiger partial charge is 0.383 e. The third kappa shape index (κ3) is 5.80. The van der Waals surface area contributed by atoms with Gasteiger partial charge in [-0.05, 0) is 72.2 Å². The smallest absolute Gasteiger partial charge is 0.123 e. The van der Waals surface area contributed by atoms with E-state index in [2.05, 4.69) is 47.5 Å². The molecular formula is C33H32FN7. The highest BCUT2D eigenvalue weighted by Gasteiger charge is 2.27. The molecule has 0 aliphatic heterocycles. The molecule has 0 amide bonds. The second-order valence-corrected chi connectivity index (χ2v) is 11.8. The van der Waals surface area contributed by atoms with Crippen LogP contribution in [0.5, 0.6) is 0 Å². The topological polar surface area (TPSA) is 92.3 Å². The molecule has 1 fully saturated rings. The number of rotatable bonds is 8. The highest BCUT2D eigenvalue weighted by atomic mass is 19.1. The molecule has 6 rings (SSSR count). The summed E-state index contributed by atoms with van der Waals surface area (Å²) in [7, 11) is 0. The molecule has 2 aromatic carbocycles. The van der Waals surface area contributed by atoms with E-state index in [1.165, 1.54) is 12.1 Å². The zero-order chi connectivity index (χ0) is 29.5. The maximum Gasteiger partial charge on any atom is 0.123 e. The van der Waals surface area contributed by atoms with E-state index in [1.807, 2.05) is 41.2 Å². The molecule has 8 heteroatoms. The standard InChI is InChI=1S/C33H32FN7/c1-33(2,3)20-38-31-23(17-35)18-37-32-27(29-6-4-5-13-36-29)15-21(16-28(31)32)14-26(22-7-9-24(34)10-8-22)30-19-41(40-39-30)25-11-12-25/h4-10,13,15-16,18-19,25-26H,11-12,14,20H2,1-3H3,(H,37,38)/t26-/m1/s1/i26D. The van der Waals surface area contributed by atoms with E-state index < -0.39 is 5.89 Å². The Labute approximate surface area is 240 Å². The number of nitrogens with zero attached hydrogens (tertiary/aromatic N) is 6. The minimum Gasteiger partial charge on any atom is -0.383 e. The molecule has 7 nitrogen and oxygen atoms in total. The van der Waals surface area contributed by atoms with Gasteiger partial charge in [-0.1, -0.05) is 44.2 Å². The number of nitrogens with one attached hydrogen (secondary N) is 1. The molecule has 0 bridgehead atoms. The van der Waals surface area contributed by atoms with Crippen LogP contribution in [0.1, 0.15) is 69.3 Å². The number of fused-ring (bicyclic) bond motifs is 1. The lowest BCUT2D eigenvalue weighted by molar-refractivity contribution is 0.443. The Hall–Kier alpha value is -4.64. The lowest BCUT2D eigenvalue weighted by atomic mass is 9.87. The van der Waals surface area contributed by atoms with Crippen molar-refractivity contribution in [3.63, 3.8) is 0 Å². The van der Waals surface area contributed by atoms with Crippen molar-refractivity contribution in [2.45, 2.75) is 52.0 Å². The minimum absolute atomic E-state index is 0.0317. The van der Waals surface area contributed by atoms with Gasteiger partial charge in [0.25, 0.3) is 0 Å². The summed E-state index contributed by atoms with van der Waals surface area (Å²) in [6, 6.07) is 18.4.